The highest BCUT2D eigenvalue weighted by molar-refractivity contribution is 6.15. The Hall–Kier alpha value is -1.86. The first-order valence-corrected chi connectivity index (χ1v) is 5.34. The van der Waals surface area contributed by atoms with Crippen LogP contribution >= 0.6 is 0 Å². The highest BCUT2D eigenvalue weighted by Crippen LogP contribution is 1.95. The average Bonchev–Trinajstić information content (AvgIpc) is 2.25. The molecule has 18 heavy (non-hydrogen) atoms. The molecule has 0 aliphatic rings. The van der Waals surface area contributed by atoms with Gasteiger partial charge in [0.2, 0.25) is 19.8 Å². The number of hydrogen-bond acceptors (Lipinski definition) is 4. The van der Waals surface area contributed by atoms with Crippen LogP contribution in [0.2, 0.25) is 0 Å². The van der Waals surface area contributed by atoms with Crippen LogP contribution in [0.5, 0.6) is 0 Å². The normalized spacial score (nSPS) is 11.4. The molecular weight excluding hydrogens is 239 g/mol. The standard InChI is InChI=1S/C10H15BN2O5/c1-3-9(16)13(11)5-8(15)12-7(6(2)14)4-10(17)18/h7H,3-5H2,1-2H3,(H,12,15)(H,17,18). The summed E-state index contributed by atoms with van der Waals surface area (Å²) < 4.78 is 0. The van der Waals surface area contributed by atoms with Gasteiger partial charge in [-0.15, -0.1) is 0 Å². The van der Waals surface area contributed by atoms with Gasteiger partial charge in [0, 0.05) is 6.42 Å². The summed E-state index contributed by atoms with van der Waals surface area (Å²) >= 11 is 0. The van der Waals surface area contributed by atoms with Crippen molar-refractivity contribution < 1.29 is 24.3 Å². The van der Waals surface area contributed by atoms with Crippen LogP contribution in [0.3, 0.4) is 0 Å². The second-order valence-electron chi connectivity index (χ2n) is 3.70. The summed E-state index contributed by atoms with van der Waals surface area (Å²) in [6.07, 6.45) is -0.359. The fourth-order valence-corrected chi connectivity index (χ4v) is 1.16. The molecular formula is C10H15BN2O5. The lowest BCUT2D eigenvalue weighted by Gasteiger charge is -2.19. The van der Waals surface area contributed by atoms with E-state index in [2.05, 4.69) is 5.32 Å². The molecule has 0 saturated carbocycles. The lowest BCUT2D eigenvalue weighted by atomic mass is 10.1. The predicted molar refractivity (Wildman–Crippen MR) is 62.6 cm³/mol. The first-order chi connectivity index (χ1) is 8.27. The van der Waals surface area contributed by atoms with Crippen LogP contribution < -0.4 is 5.32 Å². The van der Waals surface area contributed by atoms with Crippen molar-refractivity contribution in [2.24, 2.45) is 0 Å². The highest BCUT2D eigenvalue weighted by atomic mass is 16.4. The van der Waals surface area contributed by atoms with Crippen molar-refractivity contribution in [2.75, 3.05) is 6.54 Å². The number of amides is 2. The van der Waals surface area contributed by atoms with Crippen molar-refractivity contribution >= 4 is 31.5 Å². The Morgan fingerprint density at radius 3 is 2.28 bits per heavy atom. The molecule has 0 aliphatic carbocycles. The molecule has 0 spiro atoms. The molecule has 0 aromatic heterocycles. The van der Waals surface area contributed by atoms with E-state index in [9.17, 15) is 19.2 Å². The van der Waals surface area contributed by atoms with Crippen LogP contribution in [-0.2, 0) is 19.2 Å². The third-order valence-electron chi connectivity index (χ3n) is 2.14. The van der Waals surface area contributed by atoms with E-state index in [0.717, 1.165) is 0 Å². The van der Waals surface area contributed by atoms with Gasteiger partial charge in [-0.1, -0.05) is 6.92 Å². The number of Topliss-reactive ketones (excluding diaryl/α,β-unsaturated/α-hetero) is 1. The molecule has 0 aliphatic heterocycles. The number of nitrogens with zero attached hydrogens (tertiary/aromatic N) is 1. The van der Waals surface area contributed by atoms with E-state index in [1.807, 2.05) is 0 Å². The van der Waals surface area contributed by atoms with Crippen LogP contribution in [0.15, 0.2) is 0 Å². The number of carboxylic acid groups (broad SMARTS) is 1. The number of nitrogens with one attached hydrogen (secondary N) is 1. The molecule has 0 bridgehead atoms. The lowest BCUT2D eigenvalue weighted by Crippen LogP contribution is -2.46. The number of rotatable bonds is 7. The number of ketones is 1. The van der Waals surface area contributed by atoms with Crippen LogP contribution in [-0.4, -0.2) is 54.1 Å². The van der Waals surface area contributed by atoms with E-state index in [1.165, 1.54) is 6.92 Å². The molecule has 0 aromatic rings. The van der Waals surface area contributed by atoms with Crippen molar-refractivity contribution in [3.05, 3.63) is 0 Å². The van der Waals surface area contributed by atoms with Crippen molar-refractivity contribution in [3.63, 3.8) is 0 Å². The molecule has 0 aromatic carbocycles. The fraction of sp³-hybridized carbons (Fsp3) is 0.600. The van der Waals surface area contributed by atoms with Gasteiger partial charge in [-0.3, -0.25) is 19.2 Å². The van der Waals surface area contributed by atoms with Gasteiger partial charge < -0.3 is 15.2 Å². The van der Waals surface area contributed by atoms with Crippen molar-refractivity contribution in [3.8, 4) is 0 Å². The Morgan fingerprint density at radius 1 is 1.33 bits per heavy atom. The Bertz CT molecular complexity index is 358. The van der Waals surface area contributed by atoms with E-state index < -0.39 is 42.6 Å². The average molecular weight is 254 g/mol. The van der Waals surface area contributed by atoms with Gasteiger partial charge in [-0.2, -0.15) is 0 Å². The van der Waals surface area contributed by atoms with Gasteiger partial charge in [0.25, 0.3) is 0 Å². The molecule has 7 nitrogen and oxygen atoms in total. The van der Waals surface area contributed by atoms with Gasteiger partial charge in [-0.25, -0.2) is 0 Å². The molecule has 98 valence electrons. The minimum Gasteiger partial charge on any atom is -0.481 e. The zero-order valence-corrected chi connectivity index (χ0v) is 10.3. The summed E-state index contributed by atoms with van der Waals surface area (Å²) in [6, 6.07) is -1.11. The molecule has 1 unspecified atom stereocenters. The summed E-state index contributed by atoms with van der Waals surface area (Å²) in [4.78, 5) is 44.8. The highest BCUT2D eigenvalue weighted by Gasteiger charge is 2.21. The van der Waals surface area contributed by atoms with E-state index in [-0.39, 0.29) is 6.42 Å². The number of carbonyl (C=O) groups is 4. The summed E-state index contributed by atoms with van der Waals surface area (Å²) in [6.45, 7) is 2.34. The first-order valence-electron chi connectivity index (χ1n) is 5.34. The number of carboxylic acids is 1. The molecule has 2 N–H and O–H groups in total. The van der Waals surface area contributed by atoms with E-state index >= 15 is 0 Å². The number of aliphatic carboxylic acids is 1. The van der Waals surface area contributed by atoms with Gasteiger partial charge in [-0.05, 0) is 6.92 Å². The summed E-state index contributed by atoms with van der Waals surface area (Å²) in [7, 11) is 5.30. The third-order valence-corrected chi connectivity index (χ3v) is 2.14. The molecule has 0 heterocycles. The second kappa shape index (κ2) is 7.47. The van der Waals surface area contributed by atoms with Crippen LogP contribution in [0, 0.1) is 0 Å². The summed E-state index contributed by atoms with van der Waals surface area (Å²) in [5, 5.41) is 10.8. The van der Waals surface area contributed by atoms with Gasteiger partial charge >= 0.3 is 5.97 Å². The smallest absolute Gasteiger partial charge is 0.305 e. The fourth-order valence-electron chi connectivity index (χ4n) is 1.16. The van der Waals surface area contributed by atoms with E-state index in [0.29, 0.717) is 4.81 Å². The van der Waals surface area contributed by atoms with Gasteiger partial charge in [0.1, 0.15) is 0 Å². The zero-order valence-electron chi connectivity index (χ0n) is 10.3. The van der Waals surface area contributed by atoms with E-state index in [1.54, 1.807) is 6.92 Å². The molecule has 0 saturated heterocycles. The lowest BCUT2D eigenvalue weighted by molar-refractivity contribution is -0.140. The maximum atomic E-state index is 11.4. The SMILES string of the molecule is [B]N(CC(=O)NC(CC(=O)O)C(C)=O)C(=O)CC. The molecule has 2 radical (unpaired) electrons. The zero-order chi connectivity index (χ0) is 14.3. The Balaban J connectivity index is 4.38. The maximum absolute atomic E-state index is 11.4. The van der Waals surface area contributed by atoms with Gasteiger partial charge in [0.15, 0.2) is 5.78 Å². The van der Waals surface area contributed by atoms with Gasteiger partial charge in [0.05, 0.1) is 19.0 Å². The summed E-state index contributed by atoms with van der Waals surface area (Å²) in [5.74, 6) is -2.79. The monoisotopic (exact) mass is 254 g/mol. The summed E-state index contributed by atoms with van der Waals surface area (Å²) in [5.41, 5.74) is 0. The predicted octanol–water partition coefficient (Wildman–Crippen LogP) is -1.14. The van der Waals surface area contributed by atoms with Crippen LogP contribution in [0.1, 0.15) is 26.7 Å². The second-order valence-corrected chi connectivity index (χ2v) is 3.70. The molecule has 8 heteroatoms. The van der Waals surface area contributed by atoms with Crippen molar-refractivity contribution in [2.45, 2.75) is 32.7 Å². The van der Waals surface area contributed by atoms with Crippen molar-refractivity contribution in [1.29, 1.82) is 0 Å². The van der Waals surface area contributed by atoms with Crippen molar-refractivity contribution in [1.82, 2.24) is 10.1 Å². The molecule has 0 rings (SSSR count). The third kappa shape index (κ3) is 6.02. The number of carbonyl (C=O) groups excluding carboxylic acids is 3. The molecule has 1 atom stereocenters. The largest absolute Gasteiger partial charge is 0.481 e. The molecule has 0 fully saturated rings. The topological polar surface area (TPSA) is 104 Å². The van der Waals surface area contributed by atoms with E-state index in [4.69, 9.17) is 13.1 Å². The number of hydrogen-bond donors (Lipinski definition) is 2. The minimum atomic E-state index is -1.20. The Kier molecular flexibility index (Phi) is 6.70. The van der Waals surface area contributed by atoms with Crippen LogP contribution in [0.25, 0.3) is 0 Å². The quantitative estimate of drug-likeness (QED) is 0.558. The molecule has 2 amide bonds. The maximum Gasteiger partial charge on any atom is 0.305 e. The Labute approximate surface area is 106 Å². The Morgan fingerprint density at radius 2 is 1.89 bits per heavy atom. The first kappa shape index (κ1) is 16.1. The minimum absolute atomic E-state index is 0.148. The van der Waals surface area contributed by atoms with Crippen LogP contribution in [0.4, 0.5) is 0 Å².